The number of ketones is 1. The normalized spacial score (nSPS) is 10.3. The smallest absolute Gasteiger partial charge is 0.216 e. The monoisotopic (exact) mass is 256 g/mol. The van der Waals surface area contributed by atoms with Crippen LogP contribution in [0.3, 0.4) is 0 Å². The fourth-order valence-corrected chi connectivity index (χ4v) is 1.90. The van der Waals surface area contributed by atoms with Gasteiger partial charge in [-0.3, -0.25) is 4.79 Å². The van der Waals surface area contributed by atoms with Crippen LogP contribution in [-0.2, 0) is 6.42 Å². The summed E-state index contributed by atoms with van der Waals surface area (Å²) in [6.07, 6.45) is 1.66. The van der Waals surface area contributed by atoms with E-state index < -0.39 is 0 Å². The van der Waals surface area contributed by atoms with Crippen LogP contribution in [0, 0.1) is 13.8 Å². The van der Waals surface area contributed by atoms with E-state index in [9.17, 15) is 4.79 Å². The number of nitrogens with zero attached hydrogens (tertiary/aromatic N) is 2. The lowest BCUT2D eigenvalue weighted by Crippen LogP contribution is -2.08. The predicted molar refractivity (Wildman–Crippen MR) is 72.5 cm³/mol. The Labute approximate surface area is 112 Å². The number of aryl methyl sites for hydroxylation is 1. The average Bonchev–Trinajstić information content (AvgIpc) is 2.42. The van der Waals surface area contributed by atoms with Crippen LogP contribution in [0.5, 0.6) is 5.88 Å². The first-order valence-corrected chi connectivity index (χ1v) is 6.06. The highest BCUT2D eigenvalue weighted by atomic mass is 16.5. The van der Waals surface area contributed by atoms with E-state index in [0.717, 1.165) is 16.7 Å². The molecule has 0 amide bonds. The fourth-order valence-electron chi connectivity index (χ4n) is 1.90. The van der Waals surface area contributed by atoms with Crippen LogP contribution in [0.1, 0.15) is 27.2 Å². The molecule has 0 saturated heterocycles. The van der Waals surface area contributed by atoms with Crippen molar-refractivity contribution in [2.75, 3.05) is 7.11 Å². The van der Waals surface area contributed by atoms with Gasteiger partial charge in [-0.2, -0.15) is 0 Å². The van der Waals surface area contributed by atoms with Crippen molar-refractivity contribution >= 4 is 5.78 Å². The maximum Gasteiger partial charge on any atom is 0.216 e. The predicted octanol–water partition coefficient (Wildman–Crippen LogP) is 2.53. The van der Waals surface area contributed by atoms with Crippen LogP contribution >= 0.6 is 0 Å². The van der Waals surface area contributed by atoms with Gasteiger partial charge in [0.15, 0.2) is 5.78 Å². The summed E-state index contributed by atoms with van der Waals surface area (Å²) in [5.74, 6) is 0.528. The van der Waals surface area contributed by atoms with Gasteiger partial charge in [0, 0.05) is 11.6 Å². The van der Waals surface area contributed by atoms with Crippen molar-refractivity contribution in [2.24, 2.45) is 0 Å². The maximum atomic E-state index is 12.3. The van der Waals surface area contributed by atoms with E-state index in [4.69, 9.17) is 4.74 Å². The van der Waals surface area contributed by atoms with Gasteiger partial charge < -0.3 is 4.74 Å². The molecule has 19 heavy (non-hydrogen) atoms. The summed E-state index contributed by atoms with van der Waals surface area (Å²) < 4.78 is 5.02. The Morgan fingerprint density at radius 3 is 2.79 bits per heavy atom. The molecule has 0 N–H and O–H groups in total. The zero-order valence-corrected chi connectivity index (χ0v) is 11.3. The molecular weight excluding hydrogens is 240 g/mol. The number of Topliss-reactive ketones (excluding diaryl/α,β-unsaturated/α-hetero) is 1. The number of methoxy groups -OCH3 is 1. The molecule has 98 valence electrons. The van der Waals surface area contributed by atoms with Crippen molar-refractivity contribution in [3.63, 3.8) is 0 Å². The van der Waals surface area contributed by atoms with Gasteiger partial charge >= 0.3 is 0 Å². The molecule has 0 atom stereocenters. The van der Waals surface area contributed by atoms with E-state index in [2.05, 4.69) is 9.97 Å². The lowest BCUT2D eigenvalue weighted by Gasteiger charge is -2.07. The molecule has 2 rings (SSSR count). The third kappa shape index (κ3) is 2.96. The minimum atomic E-state index is 0.0574. The fraction of sp³-hybridized carbons (Fsp3) is 0.267. The van der Waals surface area contributed by atoms with Crippen molar-refractivity contribution in [3.05, 3.63) is 53.0 Å². The summed E-state index contributed by atoms with van der Waals surface area (Å²) in [6, 6.07) is 7.43. The van der Waals surface area contributed by atoms with Crippen molar-refractivity contribution < 1.29 is 9.53 Å². The maximum absolute atomic E-state index is 12.3. The Morgan fingerprint density at radius 2 is 2.05 bits per heavy atom. The summed E-state index contributed by atoms with van der Waals surface area (Å²) in [5, 5.41) is 0. The highest BCUT2D eigenvalue weighted by Crippen LogP contribution is 2.16. The Kier molecular flexibility index (Phi) is 3.90. The zero-order chi connectivity index (χ0) is 13.8. The molecule has 0 aliphatic heterocycles. The molecule has 0 radical (unpaired) electrons. The lowest BCUT2D eigenvalue weighted by molar-refractivity contribution is 0.0991. The number of benzene rings is 1. The first kappa shape index (κ1) is 13.2. The standard InChI is InChI=1S/C15H16N2O2/c1-10-5-4-6-13(11(10)2)14(18)7-12-8-15(19-3)17-9-16-12/h4-6,8-9H,7H2,1-3H3. The van der Waals surface area contributed by atoms with E-state index in [-0.39, 0.29) is 12.2 Å². The molecular formula is C15H16N2O2. The Morgan fingerprint density at radius 1 is 1.26 bits per heavy atom. The number of carbonyl (C=O) groups excluding carboxylic acids is 1. The number of hydrogen-bond donors (Lipinski definition) is 0. The largest absolute Gasteiger partial charge is 0.481 e. The summed E-state index contributed by atoms with van der Waals surface area (Å²) in [4.78, 5) is 20.3. The molecule has 1 heterocycles. The van der Waals surface area contributed by atoms with Gasteiger partial charge in [-0.25, -0.2) is 9.97 Å². The van der Waals surface area contributed by atoms with Crippen LogP contribution in [0.15, 0.2) is 30.6 Å². The van der Waals surface area contributed by atoms with Gasteiger partial charge in [-0.15, -0.1) is 0 Å². The van der Waals surface area contributed by atoms with Gasteiger partial charge in [0.2, 0.25) is 5.88 Å². The minimum absolute atomic E-state index is 0.0574. The third-order valence-corrected chi connectivity index (χ3v) is 3.15. The van der Waals surface area contributed by atoms with E-state index >= 15 is 0 Å². The van der Waals surface area contributed by atoms with Crippen molar-refractivity contribution in [1.82, 2.24) is 9.97 Å². The highest BCUT2D eigenvalue weighted by Gasteiger charge is 2.12. The molecule has 0 aliphatic carbocycles. The summed E-state index contributed by atoms with van der Waals surface area (Å²) >= 11 is 0. The number of carbonyl (C=O) groups is 1. The minimum Gasteiger partial charge on any atom is -0.481 e. The van der Waals surface area contributed by atoms with E-state index in [1.165, 1.54) is 6.33 Å². The molecule has 0 spiro atoms. The number of ether oxygens (including phenoxy) is 1. The van der Waals surface area contributed by atoms with E-state index in [1.807, 2.05) is 32.0 Å². The number of hydrogen-bond acceptors (Lipinski definition) is 4. The Hall–Kier alpha value is -2.23. The van der Waals surface area contributed by atoms with Crippen LogP contribution in [-0.4, -0.2) is 22.9 Å². The molecule has 1 aromatic heterocycles. The second-order valence-corrected chi connectivity index (χ2v) is 4.40. The van der Waals surface area contributed by atoms with E-state index in [0.29, 0.717) is 11.6 Å². The van der Waals surface area contributed by atoms with E-state index in [1.54, 1.807) is 13.2 Å². The summed E-state index contributed by atoms with van der Waals surface area (Å²) in [6.45, 7) is 3.96. The molecule has 0 unspecified atom stereocenters. The first-order valence-electron chi connectivity index (χ1n) is 6.06. The first-order chi connectivity index (χ1) is 9.11. The van der Waals surface area contributed by atoms with Crippen LogP contribution in [0.4, 0.5) is 0 Å². The lowest BCUT2D eigenvalue weighted by atomic mass is 9.98. The number of rotatable bonds is 4. The zero-order valence-electron chi connectivity index (χ0n) is 11.3. The van der Waals surface area contributed by atoms with Crippen LogP contribution in [0.2, 0.25) is 0 Å². The van der Waals surface area contributed by atoms with Gasteiger partial charge in [-0.1, -0.05) is 18.2 Å². The summed E-state index contributed by atoms with van der Waals surface area (Å²) in [7, 11) is 1.54. The van der Waals surface area contributed by atoms with Gasteiger partial charge in [0.25, 0.3) is 0 Å². The molecule has 2 aromatic rings. The van der Waals surface area contributed by atoms with Crippen molar-refractivity contribution in [2.45, 2.75) is 20.3 Å². The quantitative estimate of drug-likeness (QED) is 0.789. The topological polar surface area (TPSA) is 52.1 Å². The molecule has 0 saturated carbocycles. The van der Waals surface area contributed by atoms with Crippen molar-refractivity contribution in [3.8, 4) is 5.88 Å². The molecule has 0 fully saturated rings. The Bertz CT molecular complexity index is 609. The summed E-state index contributed by atoms with van der Waals surface area (Å²) in [5.41, 5.74) is 3.55. The van der Waals surface area contributed by atoms with Crippen LogP contribution < -0.4 is 4.74 Å². The van der Waals surface area contributed by atoms with Crippen molar-refractivity contribution in [1.29, 1.82) is 0 Å². The molecule has 0 aliphatic rings. The molecule has 4 heteroatoms. The molecule has 0 bridgehead atoms. The van der Waals surface area contributed by atoms with Gasteiger partial charge in [0.05, 0.1) is 19.2 Å². The molecule has 1 aromatic carbocycles. The number of aromatic nitrogens is 2. The second kappa shape index (κ2) is 5.61. The third-order valence-electron chi connectivity index (χ3n) is 3.15. The molecule has 4 nitrogen and oxygen atoms in total. The SMILES string of the molecule is COc1cc(CC(=O)c2cccc(C)c2C)ncn1. The second-order valence-electron chi connectivity index (χ2n) is 4.40. The van der Waals surface area contributed by atoms with Crippen LogP contribution in [0.25, 0.3) is 0 Å². The Balaban J connectivity index is 2.23. The highest BCUT2D eigenvalue weighted by molar-refractivity contribution is 5.98. The van der Waals surface area contributed by atoms with Gasteiger partial charge in [-0.05, 0) is 25.0 Å². The van der Waals surface area contributed by atoms with Gasteiger partial charge in [0.1, 0.15) is 6.33 Å². The average molecular weight is 256 g/mol.